The molecule has 1 aliphatic heterocycles. The predicted molar refractivity (Wildman–Crippen MR) is 209 cm³/mol. The Balaban J connectivity index is 1.19. The number of anilines is 2. The molecule has 2 heteroatoms. The summed E-state index contributed by atoms with van der Waals surface area (Å²) in [4.78, 5) is 2.49. The van der Waals surface area contributed by atoms with Crippen LogP contribution in [0.3, 0.4) is 0 Å². The van der Waals surface area contributed by atoms with Gasteiger partial charge in [-0.3, -0.25) is 10.2 Å². The van der Waals surface area contributed by atoms with Crippen molar-refractivity contribution in [3.05, 3.63) is 164 Å². The minimum atomic E-state index is 0.362. The molecule has 9 aromatic rings. The van der Waals surface area contributed by atoms with E-state index in [9.17, 15) is 0 Å². The lowest BCUT2D eigenvalue weighted by molar-refractivity contribution is -0.600. The fourth-order valence-electron chi connectivity index (χ4n) is 8.54. The minimum Gasteiger partial charge on any atom is -0.292 e. The van der Waals surface area contributed by atoms with E-state index in [1.807, 2.05) is 0 Å². The lowest BCUT2D eigenvalue weighted by Gasteiger charge is -2.23. The maximum atomic E-state index is 2.49. The van der Waals surface area contributed by atoms with Gasteiger partial charge in [0.15, 0.2) is 11.9 Å². The van der Waals surface area contributed by atoms with Gasteiger partial charge in [-0.1, -0.05) is 140 Å². The molecule has 1 heterocycles. The van der Waals surface area contributed by atoms with Gasteiger partial charge in [-0.05, 0) is 100 Å². The number of nitrogens with zero attached hydrogens (tertiary/aromatic N) is 1. The van der Waals surface area contributed by atoms with Gasteiger partial charge >= 0.3 is 0 Å². The van der Waals surface area contributed by atoms with Gasteiger partial charge in [0.25, 0.3) is 0 Å². The molecule has 49 heavy (non-hydrogen) atoms. The van der Waals surface area contributed by atoms with Gasteiger partial charge in [0, 0.05) is 18.2 Å². The number of rotatable bonds is 4. The zero-order chi connectivity index (χ0) is 32.5. The van der Waals surface area contributed by atoms with E-state index in [1.165, 1.54) is 93.2 Å². The summed E-state index contributed by atoms with van der Waals surface area (Å²) in [6, 6.07) is 60.7. The Labute approximate surface area is 285 Å². The van der Waals surface area contributed by atoms with Crippen molar-refractivity contribution in [3.8, 4) is 22.3 Å². The third-order valence-corrected chi connectivity index (χ3v) is 10.7. The summed E-state index contributed by atoms with van der Waals surface area (Å²) in [6.45, 7) is 2.27. The van der Waals surface area contributed by atoms with E-state index in [-0.39, 0.29) is 0 Å². The molecule has 0 amide bonds. The highest BCUT2D eigenvalue weighted by molar-refractivity contribution is 6.27. The van der Waals surface area contributed by atoms with Crippen LogP contribution in [0.4, 0.5) is 17.1 Å². The molecule has 0 saturated heterocycles. The second-order valence-electron chi connectivity index (χ2n) is 13.3. The van der Waals surface area contributed by atoms with E-state index >= 15 is 0 Å². The average molecular weight is 628 g/mol. The van der Waals surface area contributed by atoms with Gasteiger partial charge in [-0.2, -0.15) is 0 Å². The zero-order valence-corrected chi connectivity index (χ0v) is 27.4. The summed E-state index contributed by atoms with van der Waals surface area (Å²) in [5.41, 5.74) is 8.91. The van der Waals surface area contributed by atoms with Gasteiger partial charge < -0.3 is 0 Å². The van der Waals surface area contributed by atoms with Crippen LogP contribution >= 0.6 is 0 Å². The smallest absolute Gasteiger partial charge is 0.170 e. The molecule has 0 spiro atoms. The first kappa shape index (κ1) is 28.1. The van der Waals surface area contributed by atoms with Gasteiger partial charge in [0.1, 0.15) is 5.69 Å². The molecule has 0 radical (unpaired) electrons. The lowest BCUT2D eigenvalue weighted by atomic mass is 9.85. The van der Waals surface area contributed by atoms with Crippen LogP contribution in [-0.4, -0.2) is 6.17 Å². The Bertz CT molecular complexity index is 2650. The topological polar surface area (TPSA) is 19.9 Å². The quantitative estimate of drug-likeness (QED) is 0.117. The summed E-state index contributed by atoms with van der Waals surface area (Å²) in [5.74, 6) is 0. The van der Waals surface area contributed by atoms with Gasteiger partial charge in [-0.25, -0.2) is 0 Å². The number of para-hydroxylation sites is 2. The Morgan fingerprint density at radius 2 is 0.857 bits per heavy atom. The van der Waals surface area contributed by atoms with Crippen molar-refractivity contribution in [1.82, 2.24) is 0 Å². The van der Waals surface area contributed by atoms with Crippen molar-refractivity contribution in [2.45, 2.75) is 19.5 Å². The van der Waals surface area contributed by atoms with Crippen molar-refractivity contribution in [2.75, 3.05) is 4.90 Å². The summed E-state index contributed by atoms with van der Waals surface area (Å²) in [5, 5.41) is 15.3. The van der Waals surface area contributed by atoms with Crippen LogP contribution in [0, 0.1) is 0 Å². The van der Waals surface area contributed by atoms with Crippen LogP contribution in [0.25, 0.3) is 76.1 Å². The third kappa shape index (κ3) is 4.24. The van der Waals surface area contributed by atoms with Gasteiger partial charge in [-0.15, -0.1) is 0 Å². The van der Waals surface area contributed by atoms with Gasteiger partial charge in [0.05, 0.1) is 0 Å². The number of hydrogen-bond donors (Lipinski definition) is 1. The Morgan fingerprint density at radius 1 is 0.429 bits per heavy atom. The molecular weight excluding hydrogens is 593 g/mol. The largest absolute Gasteiger partial charge is 0.292 e. The fraction of sp³-hybridized carbons (Fsp3) is 0.0638. The van der Waals surface area contributed by atoms with Crippen LogP contribution in [0.15, 0.2) is 164 Å². The number of hydrogen-bond acceptors (Lipinski definition) is 1. The first-order valence-electron chi connectivity index (χ1n) is 17.4. The van der Waals surface area contributed by atoms with E-state index in [4.69, 9.17) is 0 Å². The lowest BCUT2D eigenvalue weighted by Crippen LogP contribution is -2.84. The predicted octanol–water partition coefficient (Wildman–Crippen LogP) is 11.9. The van der Waals surface area contributed by atoms with Crippen molar-refractivity contribution in [3.63, 3.8) is 0 Å². The van der Waals surface area contributed by atoms with Crippen molar-refractivity contribution in [1.29, 1.82) is 0 Å². The third-order valence-electron chi connectivity index (χ3n) is 10.7. The molecule has 1 unspecified atom stereocenters. The molecule has 10 rings (SSSR count). The summed E-state index contributed by atoms with van der Waals surface area (Å²) < 4.78 is 0. The molecule has 9 aromatic carbocycles. The Kier molecular flexibility index (Phi) is 6.34. The van der Waals surface area contributed by atoms with Crippen molar-refractivity contribution >= 4 is 70.9 Å². The number of benzene rings is 9. The van der Waals surface area contributed by atoms with Crippen LogP contribution in [0.5, 0.6) is 0 Å². The average Bonchev–Trinajstić information content (AvgIpc) is 3.56. The van der Waals surface area contributed by atoms with Crippen LogP contribution in [0.2, 0.25) is 0 Å². The second-order valence-corrected chi connectivity index (χ2v) is 13.3. The molecule has 0 saturated carbocycles. The molecule has 1 atom stereocenters. The highest BCUT2D eigenvalue weighted by atomic mass is 15.3. The van der Waals surface area contributed by atoms with Gasteiger partial charge in [0.2, 0.25) is 0 Å². The van der Waals surface area contributed by atoms with E-state index in [0.29, 0.717) is 6.17 Å². The van der Waals surface area contributed by atoms with E-state index < -0.39 is 0 Å². The van der Waals surface area contributed by atoms with Crippen molar-refractivity contribution in [2.24, 2.45) is 0 Å². The summed E-state index contributed by atoms with van der Waals surface area (Å²) in [6.07, 6.45) is 1.43. The molecule has 0 aliphatic carbocycles. The number of nitrogens with two attached hydrogens (primary N) is 1. The van der Waals surface area contributed by atoms with Crippen molar-refractivity contribution < 1.29 is 5.32 Å². The molecule has 2 nitrogen and oxygen atoms in total. The van der Waals surface area contributed by atoms with E-state index in [2.05, 4.69) is 181 Å². The first-order chi connectivity index (χ1) is 24.3. The maximum Gasteiger partial charge on any atom is 0.170 e. The van der Waals surface area contributed by atoms with Crippen LogP contribution < -0.4 is 10.2 Å². The number of fused-ring (bicyclic) bond motifs is 9. The molecule has 0 bridgehead atoms. The molecular formula is C47H35N2+. The molecule has 1 aliphatic rings. The first-order valence-corrected chi connectivity index (χ1v) is 17.4. The summed E-state index contributed by atoms with van der Waals surface area (Å²) >= 11 is 0. The molecule has 232 valence electrons. The van der Waals surface area contributed by atoms with Crippen LogP contribution in [-0.2, 0) is 0 Å². The van der Waals surface area contributed by atoms with Crippen LogP contribution in [0.1, 0.15) is 13.3 Å². The monoisotopic (exact) mass is 627 g/mol. The second kappa shape index (κ2) is 11.1. The fourth-order valence-corrected chi connectivity index (χ4v) is 8.54. The Hall–Kier alpha value is -5.96. The molecule has 2 N–H and O–H groups in total. The zero-order valence-electron chi connectivity index (χ0n) is 27.4. The highest BCUT2D eigenvalue weighted by Crippen LogP contribution is 2.46. The highest BCUT2D eigenvalue weighted by Gasteiger charge is 2.32. The van der Waals surface area contributed by atoms with E-state index in [1.54, 1.807) is 0 Å². The molecule has 0 fully saturated rings. The summed E-state index contributed by atoms with van der Waals surface area (Å²) in [7, 11) is 0. The molecule has 0 aromatic heterocycles. The number of quaternary nitrogens is 1. The Morgan fingerprint density at radius 3 is 1.41 bits per heavy atom. The van der Waals surface area contributed by atoms with E-state index in [0.717, 1.165) is 6.42 Å². The maximum absolute atomic E-state index is 2.49. The normalized spacial score (nSPS) is 14.4. The minimum absolute atomic E-state index is 0.362. The SMILES string of the molecule is CCC1[NH2+]c2ccccc2N1c1ccc(-c2c3ccccc3c(-c3ccc4c5ccccc5c5ccccc5c4c3)c3ccccc23)cc1. The standard InChI is InChI=1S/C47H34N2/c1-2-45-48-43-21-11-12-22-44(43)49(45)32-26-23-30(24-27-32)46-38-17-7-9-19-40(38)47(41-20-10-8-18-39(41)46)31-25-28-37-35-15-4-3-13-33(35)34-14-5-6-16-36(34)42(37)29-31/h3-29,45,48H,2H2,1H3/p+1.